The number of carbonyl (C=O) groups excluding carboxylic acids is 1. The van der Waals surface area contributed by atoms with Crippen molar-refractivity contribution in [2.45, 2.75) is 13.3 Å². The number of amides is 1. The molecule has 0 aromatic heterocycles. The van der Waals surface area contributed by atoms with Crippen LogP contribution in [0.25, 0.3) is 0 Å². The van der Waals surface area contributed by atoms with E-state index in [1.807, 2.05) is 0 Å². The molecule has 1 unspecified atom stereocenters. The van der Waals surface area contributed by atoms with E-state index in [9.17, 15) is 19.7 Å². The van der Waals surface area contributed by atoms with E-state index in [2.05, 4.69) is 15.9 Å². The maximum atomic E-state index is 11.9. The van der Waals surface area contributed by atoms with Crippen LogP contribution in [0.15, 0.2) is 16.6 Å². The standard InChI is InChI=1S/C12H11BrN2O5/c1-6-2-8(13)11(9(3-6)15(19)20)14-5-7(12(17)18)4-10(14)16/h2-3,7H,4-5H2,1H3,(H,17,18). The fraction of sp³-hybridized carbons (Fsp3) is 0.333. The summed E-state index contributed by atoms with van der Waals surface area (Å²) in [5, 5.41) is 20.1. The number of aliphatic carboxylic acids is 1. The van der Waals surface area contributed by atoms with Gasteiger partial charge < -0.3 is 10.0 Å². The molecule has 0 spiro atoms. The lowest BCUT2D eigenvalue weighted by atomic mass is 10.1. The molecule has 1 aliphatic heterocycles. The SMILES string of the molecule is Cc1cc(Br)c(N2CC(C(=O)O)CC2=O)c([N+](=O)[O-])c1. The smallest absolute Gasteiger partial charge is 0.308 e. The van der Waals surface area contributed by atoms with Gasteiger partial charge in [0, 0.05) is 23.5 Å². The maximum absolute atomic E-state index is 11.9. The molecular formula is C12H11BrN2O5. The summed E-state index contributed by atoms with van der Waals surface area (Å²) in [7, 11) is 0. The Hall–Kier alpha value is -1.96. The molecule has 1 N–H and O–H groups in total. The second-order valence-corrected chi connectivity index (χ2v) is 5.47. The largest absolute Gasteiger partial charge is 0.481 e. The number of nitrogens with zero attached hydrogens (tertiary/aromatic N) is 2. The second-order valence-electron chi connectivity index (χ2n) is 4.62. The van der Waals surface area contributed by atoms with Crippen molar-refractivity contribution < 1.29 is 19.6 Å². The highest BCUT2D eigenvalue weighted by atomic mass is 79.9. The highest BCUT2D eigenvalue weighted by molar-refractivity contribution is 9.10. The lowest BCUT2D eigenvalue weighted by Crippen LogP contribution is -2.27. The van der Waals surface area contributed by atoms with E-state index in [-0.39, 0.29) is 24.3 Å². The normalized spacial score (nSPS) is 18.4. The molecule has 106 valence electrons. The molecule has 0 aliphatic carbocycles. The summed E-state index contributed by atoms with van der Waals surface area (Å²) >= 11 is 3.21. The van der Waals surface area contributed by atoms with Gasteiger partial charge in [0.1, 0.15) is 5.69 Å². The zero-order chi connectivity index (χ0) is 15.0. The predicted molar refractivity (Wildman–Crippen MR) is 73.6 cm³/mol. The summed E-state index contributed by atoms with van der Waals surface area (Å²) in [5.41, 5.74) is 0.583. The molecule has 1 aliphatic rings. The van der Waals surface area contributed by atoms with Gasteiger partial charge in [0.15, 0.2) is 0 Å². The van der Waals surface area contributed by atoms with Crippen LogP contribution in [-0.4, -0.2) is 28.5 Å². The van der Waals surface area contributed by atoms with E-state index in [0.717, 1.165) is 0 Å². The van der Waals surface area contributed by atoms with Crippen LogP contribution < -0.4 is 4.90 Å². The zero-order valence-corrected chi connectivity index (χ0v) is 12.1. The van der Waals surface area contributed by atoms with E-state index in [1.165, 1.54) is 11.0 Å². The molecule has 1 amide bonds. The highest BCUT2D eigenvalue weighted by Crippen LogP contribution is 2.39. The number of aryl methyl sites for hydroxylation is 1. The number of hydrogen-bond acceptors (Lipinski definition) is 4. The molecule has 1 atom stereocenters. The molecule has 0 radical (unpaired) electrons. The van der Waals surface area contributed by atoms with Gasteiger partial charge in [0.05, 0.1) is 10.8 Å². The Kier molecular flexibility index (Phi) is 3.76. The first-order valence-corrected chi connectivity index (χ1v) is 6.58. The summed E-state index contributed by atoms with van der Waals surface area (Å²) in [5.74, 6) is -2.34. The highest BCUT2D eigenvalue weighted by Gasteiger charge is 2.38. The van der Waals surface area contributed by atoms with Crippen molar-refractivity contribution in [1.29, 1.82) is 0 Å². The number of hydrogen-bond donors (Lipinski definition) is 1. The molecule has 1 aromatic carbocycles. The summed E-state index contributed by atoms with van der Waals surface area (Å²) in [6.45, 7) is 1.64. The van der Waals surface area contributed by atoms with Gasteiger partial charge in [0.25, 0.3) is 5.69 Å². The van der Waals surface area contributed by atoms with Crippen LogP contribution in [0.2, 0.25) is 0 Å². The minimum absolute atomic E-state index is 0.0589. The molecule has 8 heteroatoms. The minimum atomic E-state index is -1.08. The number of halogens is 1. The first kappa shape index (κ1) is 14.4. The van der Waals surface area contributed by atoms with Crippen molar-refractivity contribution in [3.8, 4) is 0 Å². The van der Waals surface area contributed by atoms with E-state index in [4.69, 9.17) is 5.11 Å². The third-order valence-electron chi connectivity index (χ3n) is 3.13. The molecular weight excluding hydrogens is 332 g/mol. The number of carbonyl (C=O) groups is 2. The Morgan fingerprint density at radius 3 is 2.70 bits per heavy atom. The second kappa shape index (κ2) is 5.20. The van der Waals surface area contributed by atoms with Crippen LogP contribution in [0.4, 0.5) is 11.4 Å². The molecule has 1 heterocycles. The van der Waals surface area contributed by atoms with Gasteiger partial charge in [-0.3, -0.25) is 19.7 Å². The summed E-state index contributed by atoms with van der Waals surface area (Å²) in [6.07, 6.45) is -0.146. The fourth-order valence-corrected chi connectivity index (χ4v) is 2.99. The Labute approximate surface area is 122 Å². The van der Waals surface area contributed by atoms with Crippen LogP contribution in [0, 0.1) is 23.0 Å². The fourth-order valence-electron chi connectivity index (χ4n) is 2.21. The van der Waals surface area contributed by atoms with Crippen LogP contribution in [0.3, 0.4) is 0 Å². The quantitative estimate of drug-likeness (QED) is 0.669. The molecule has 1 aromatic rings. The van der Waals surface area contributed by atoms with Gasteiger partial charge in [-0.05, 0) is 34.5 Å². The monoisotopic (exact) mass is 342 g/mol. The number of benzene rings is 1. The van der Waals surface area contributed by atoms with Gasteiger partial charge >= 0.3 is 5.97 Å². The zero-order valence-electron chi connectivity index (χ0n) is 10.5. The van der Waals surface area contributed by atoms with Gasteiger partial charge in [-0.2, -0.15) is 0 Å². The van der Waals surface area contributed by atoms with Crippen LogP contribution >= 0.6 is 15.9 Å². The first-order chi connectivity index (χ1) is 9.31. The Bertz CT molecular complexity index is 616. The average molecular weight is 343 g/mol. The predicted octanol–water partition coefficient (Wildman–Crippen LogP) is 2.10. The van der Waals surface area contributed by atoms with Crippen LogP contribution in [-0.2, 0) is 9.59 Å². The first-order valence-electron chi connectivity index (χ1n) is 5.79. The van der Waals surface area contributed by atoms with E-state index in [1.54, 1.807) is 13.0 Å². The van der Waals surface area contributed by atoms with Gasteiger partial charge in [-0.1, -0.05) is 0 Å². The van der Waals surface area contributed by atoms with Crippen molar-refractivity contribution >= 4 is 39.2 Å². The van der Waals surface area contributed by atoms with Gasteiger partial charge in [0.2, 0.25) is 5.91 Å². The van der Waals surface area contributed by atoms with Crippen molar-refractivity contribution in [3.05, 3.63) is 32.3 Å². The molecule has 2 rings (SSSR count). The number of carboxylic acids is 1. The Morgan fingerprint density at radius 1 is 1.55 bits per heavy atom. The summed E-state index contributed by atoms with van der Waals surface area (Å²) in [4.78, 5) is 34.6. The topological polar surface area (TPSA) is 101 Å². The lowest BCUT2D eigenvalue weighted by Gasteiger charge is -2.18. The molecule has 0 bridgehead atoms. The number of carboxylic acid groups (broad SMARTS) is 1. The van der Waals surface area contributed by atoms with Crippen LogP contribution in [0.1, 0.15) is 12.0 Å². The number of nitro groups is 1. The van der Waals surface area contributed by atoms with E-state index >= 15 is 0 Å². The minimum Gasteiger partial charge on any atom is -0.481 e. The van der Waals surface area contributed by atoms with Crippen molar-refractivity contribution in [1.82, 2.24) is 0 Å². The Morgan fingerprint density at radius 2 is 2.20 bits per heavy atom. The molecule has 20 heavy (non-hydrogen) atoms. The van der Waals surface area contributed by atoms with Crippen LogP contribution in [0.5, 0.6) is 0 Å². The third-order valence-corrected chi connectivity index (χ3v) is 3.73. The van der Waals surface area contributed by atoms with Gasteiger partial charge in [-0.25, -0.2) is 0 Å². The van der Waals surface area contributed by atoms with Crippen molar-refractivity contribution in [2.75, 3.05) is 11.4 Å². The van der Waals surface area contributed by atoms with Gasteiger partial charge in [-0.15, -0.1) is 0 Å². The molecule has 7 nitrogen and oxygen atoms in total. The summed E-state index contributed by atoms with van der Waals surface area (Å²) in [6, 6.07) is 3.02. The van der Waals surface area contributed by atoms with E-state index < -0.39 is 22.7 Å². The van der Waals surface area contributed by atoms with Crippen molar-refractivity contribution in [3.63, 3.8) is 0 Å². The average Bonchev–Trinajstić information content (AvgIpc) is 2.70. The van der Waals surface area contributed by atoms with Crippen molar-refractivity contribution in [2.24, 2.45) is 5.92 Å². The number of anilines is 1. The number of nitro benzene ring substituents is 1. The third kappa shape index (κ3) is 2.51. The number of rotatable bonds is 3. The molecule has 0 saturated carbocycles. The molecule has 1 saturated heterocycles. The molecule has 1 fully saturated rings. The summed E-state index contributed by atoms with van der Waals surface area (Å²) < 4.78 is 0.406. The maximum Gasteiger partial charge on any atom is 0.308 e. The van der Waals surface area contributed by atoms with E-state index in [0.29, 0.717) is 10.0 Å². The lowest BCUT2D eigenvalue weighted by molar-refractivity contribution is -0.384. The Balaban J connectivity index is 2.50.